The first kappa shape index (κ1) is 8.18. The Morgan fingerprint density at radius 2 is 2.09 bits per heavy atom. The van der Waals surface area contributed by atoms with Crippen molar-refractivity contribution in [3.63, 3.8) is 0 Å². The fraction of sp³-hybridized carbons (Fsp3) is 0.444. The number of hydrogen-bond donors (Lipinski definition) is 0. The summed E-state index contributed by atoms with van der Waals surface area (Å²) in [6.45, 7) is 2.18. The van der Waals surface area contributed by atoms with Crippen molar-refractivity contribution in [1.29, 1.82) is 0 Å². The third kappa shape index (κ3) is 3.12. The average molecular weight is 149 g/mol. The van der Waals surface area contributed by atoms with Gasteiger partial charge in [0.2, 0.25) is 0 Å². The summed E-state index contributed by atoms with van der Waals surface area (Å²) in [6, 6.07) is 1.83. The third-order valence-electron chi connectivity index (χ3n) is 1.47. The van der Waals surface area contributed by atoms with Crippen LogP contribution in [0, 0.1) is 6.42 Å². The lowest BCUT2D eigenvalue weighted by Gasteiger charge is -1.95. The van der Waals surface area contributed by atoms with Crippen molar-refractivity contribution in [3.8, 4) is 0 Å². The Bertz CT molecular complexity index is 184. The second-order valence-corrected chi connectivity index (χ2v) is 2.45. The van der Waals surface area contributed by atoms with Crippen LogP contribution in [0.4, 0.5) is 0 Å². The zero-order chi connectivity index (χ0) is 7.94. The van der Waals surface area contributed by atoms with Crippen LogP contribution in [0.25, 0.3) is 0 Å². The highest BCUT2D eigenvalue weighted by Crippen LogP contribution is 2.02. The highest BCUT2D eigenvalue weighted by Gasteiger charge is 1.92. The molecule has 0 aliphatic heterocycles. The van der Waals surface area contributed by atoms with Crippen LogP contribution in [-0.2, 0) is 0 Å². The minimum atomic E-state index is 0.848. The van der Waals surface area contributed by atoms with Gasteiger partial charge < -0.3 is 0 Å². The molecule has 0 aromatic carbocycles. The summed E-state index contributed by atoms with van der Waals surface area (Å²) in [4.78, 5) is 8.17. The summed E-state index contributed by atoms with van der Waals surface area (Å²) in [6.07, 6.45) is 9.14. The van der Waals surface area contributed by atoms with Crippen molar-refractivity contribution in [3.05, 3.63) is 30.7 Å². The van der Waals surface area contributed by atoms with E-state index >= 15 is 0 Å². The van der Waals surface area contributed by atoms with Gasteiger partial charge in [-0.25, -0.2) is 9.97 Å². The lowest BCUT2D eigenvalue weighted by atomic mass is 10.2. The van der Waals surface area contributed by atoms with Crippen LogP contribution in [0.15, 0.2) is 18.5 Å². The van der Waals surface area contributed by atoms with Crippen molar-refractivity contribution in [1.82, 2.24) is 9.97 Å². The van der Waals surface area contributed by atoms with Gasteiger partial charge in [-0.1, -0.05) is 19.8 Å². The zero-order valence-corrected chi connectivity index (χ0v) is 6.83. The molecular weight excluding hydrogens is 136 g/mol. The largest absolute Gasteiger partial charge is 0.241 e. The highest BCUT2D eigenvalue weighted by molar-refractivity contribution is 4.99. The second kappa shape index (κ2) is 4.83. The average Bonchev–Trinajstić information content (AvgIpc) is 2.07. The van der Waals surface area contributed by atoms with E-state index in [1.807, 2.05) is 6.07 Å². The standard InChI is InChI=1S/C9H13N2/c1-2-3-4-6-9-10-7-5-8-11-9/h5-8H,2-4H2,1H3. The molecule has 1 radical (unpaired) electrons. The minimum absolute atomic E-state index is 0.848. The Morgan fingerprint density at radius 3 is 2.73 bits per heavy atom. The molecule has 59 valence electrons. The zero-order valence-electron chi connectivity index (χ0n) is 6.83. The molecule has 11 heavy (non-hydrogen) atoms. The van der Waals surface area contributed by atoms with Crippen molar-refractivity contribution in [2.45, 2.75) is 26.2 Å². The fourth-order valence-corrected chi connectivity index (χ4v) is 0.851. The molecule has 0 fully saturated rings. The van der Waals surface area contributed by atoms with Gasteiger partial charge in [-0.05, 0) is 12.5 Å². The number of unbranched alkanes of at least 4 members (excludes halogenated alkanes) is 2. The molecule has 0 saturated heterocycles. The Hall–Kier alpha value is -0.920. The van der Waals surface area contributed by atoms with Crippen LogP contribution >= 0.6 is 0 Å². The number of nitrogens with zero attached hydrogens (tertiary/aromatic N) is 2. The monoisotopic (exact) mass is 149 g/mol. The van der Waals surface area contributed by atoms with Crippen LogP contribution in [0.5, 0.6) is 0 Å². The topological polar surface area (TPSA) is 25.8 Å². The summed E-state index contributed by atoms with van der Waals surface area (Å²) in [5, 5.41) is 0. The smallest absolute Gasteiger partial charge is 0.131 e. The Morgan fingerprint density at radius 1 is 1.36 bits per heavy atom. The van der Waals surface area contributed by atoms with Gasteiger partial charge in [0.1, 0.15) is 5.82 Å². The third-order valence-corrected chi connectivity index (χ3v) is 1.47. The fourth-order valence-electron chi connectivity index (χ4n) is 0.851. The first-order valence-electron chi connectivity index (χ1n) is 4.03. The maximum Gasteiger partial charge on any atom is 0.131 e. The van der Waals surface area contributed by atoms with E-state index in [2.05, 4.69) is 23.3 Å². The van der Waals surface area contributed by atoms with Gasteiger partial charge in [0.25, 0.3) is 0 Å². The van der Waals surface area contributed by atoms with Gasteiger partial charge in [0.05, 0.1) is 0 Å². The Kier molecular flexibility index (Phi) is 3.59. The quantitative estimate of drug-likeness (QED) is 0.613. The summed E-state index contributed by atoms with van der Waals surface area (Å²) >= 11 is 0. The molecular formula is C9H13N2. The molecule has 0 amide bonds. The minimum Gasteiger partial charge on any atom is -0.241 e. The van der Waals surface area contributed by atoms with Crippen molar-refractivity contribution >= 4 is 0 Å². The Balaban J connectivity index is 2.28. The molecule has 0 N–H and O–H groups in total. The van der Waals surface area contributed by atoms with Gasteiger partial charge in [0, 0.05) is 18.8 Å². The summed E-state index contributed by atoms with van der Waals surface area (Å²) in [5.74, 6) is 0.848. The van der Waals surface area contributed by atoms with E-state index < -0.39 is 0 Å². The first-order valence-corrected chi connectivity index (χ1v) is 4.03. The van der Waals surface area contributed by atoms with E-state index in [-0.39, 0.29) is 0 Å². The highest BCUT2D eigenvalue weighted by atomic mass is 14.8. The summed E-state index contributed by atoms with van der Waals surface area (Å²) in [5.41, 5.74) is 0. The van der Waals surface area contributed by atoms with Gasteiger partial charge in [-0.2, -0.15) is 0 Å². The van der Waals surface area contributed by atoms with E-state index in [4.69, 9.17) is 0 Å². The predicted octanol–water partition coefficient (Wildman–Crippen LogP) is 2.22. The van der Waals surface area contributed by atoms with Gasteiger partial charge in [-0.3, -0.25) is 0 Å². The first-order chi connectivity index (χ1) is 5.43. The maximum absolute atomic E-state index is 4.08. The molecule has 0 bridgehead atoms. The molecule has 0 unspecified atom stereocenters. The van der Waals surface area contributed by atoms with E-state index in [1.165, 1.54) is 12.8 Å². The molecule has 1 aromatic heterocycles. The molecule has 0 atom stereocenters. The van der Waals surface area contributed by atoms with Gasteiger partial charge in [-0.15, -0.1) is 0 Å². The molecule has 1 heterocycles. The van der Waals surface area contributed by atoms with Crippen LogP contribution < -0.4 is 0 Å². The second-order valence-electron chi connectivity index (χ2n) is 2.45. The van der Waals surface area contributed by atoms with E-state index in [1.54, 1.807) is 12.4 Å². The van der Waals surface area contributed by atoms with E-state index in [0.29, 0.717) is 0 Å². The van der Waals surface area contributed by atoms with Gasteiger partial charge >= 0.3 is 0 Å². The van der Waals surface area contributed by atoms with Crippen LogP contribution in [0.3, 0.4) is 0 Å². The molecule has 0 aliphatic rings. The van der Waals surface area contributed by atoms with Crippen LogP contribution in [-0.4, -0.2) is 9.97 Å². The maximum atomic E-state index is 4.08. The van der Waals surface area contributed by atoms with E-state index in [0.717, 1.165) is 12.2 Å². The molecule has 1 aromatic rings. The lowest BCUT2D eigenvalue weighted by molar-refractivity contribution is 0.778. The summed E-state index contributed by atoms with van der Waals surface area (Å²) in [7, 11) is 0. The van der Waals surface area contributed by atoms with Crippen molar-refractivity contribution in [2.75, 3.05) is 0 Å². The van der Waals surface area contributed by atoms with Crippen molar-refractivity contribution in [2.24, 2.45) is 0 Å². The predicted molar refractivity (Wildman–Crippen MR) is 45.0 cm³/mol. The van der Waals surface area contributed by atoms with Crippen LogP contribution in [0.1, 0.15) is 32.0 Å². The molecule has 0 spiro atoms. The van der Waals surface area contributed by atoms with E-state index in [9.17, 15) is 0 Å². The molecule has 0 aliphatic carbocycles. The molecule has 1 rings (SSSR count). The summed E-state index contributed by atoms with van der Waals surface area (Å²) < 4.78 is 0. The number of hydrogen-bond acceptors (Lipinski definition) is 2. The lowest BCUT2D eigenvalue weighted by Crippen LogP contribution is -1.90. The SMILES string of the molecule is CCCC[CH]c1ncccn1. The number of rotatable bonds is 4. The van der Waals surface area contributed by atoms with Gasteiger partial charge in [0.15, 0.2) is 0 Å². The van der Waals surface area contributed by atoms with Crippen molar-refractivity contribution < 1.29 is 0 Å². The molecule has 2 heteroatoms. The normalized spacial score (nSPS) is 9.91. The molecule has 2 nitrogen and oxygen atoms in total. The number of aromatic nitrogens is 2. The Labute approximate surface area is 67.7 Å². The van der Waals surface area contributed by atoms with Crippen LogP contribution in [0.2, 0.25) is 0 Å². The molecule has 0 saturated carbocycles.